The average Bonchev–Trinajstić information content (AvgIpc) is 2.59. The topological polar surface area (TPSA) is 53.1 Å². The van der Waals surface area contributed by atoms with Crippen molar-refractivity contribution >= 4 is 0 Å². The van der Waals surface area contributed by atoms with Gasteiger partial charge in [-0.15, -0.1) is 0 Å². The highest BCUT2D eigenvalue weighted by Crippen LogP contribution is 2.30. The predicted octanol–water partition coefficient (Wildman–Crippen LogP) is 2.33. The maximum Gasteiger partial charge on any atom is 0.171 e. The van der Waals surface area contributed by atoms with Crippen molar-refractivity contribution in [2.75, 3.05) is 6.54 Å². The second-order valence-electron chi connectivity index (χ2n) is 4.37. The molecule has 2 rings (SSSR count). The van der Waals surface area contributed by atoms with Gasteiger partial charge in [-0.3, -0.25) is 4.68 Å². The van der Waals surface area contributed by atoms with Crippen LogP contribution in [0.3, 0.4) is 0 Å². The number of nitrogens with zero attached hydrogens (tertiary/aromatic N) is 2. The maximum atomic E-state index is 6.01. The Morgan fingerprint density at radius 1 is 1.28 bits per heavy atom. The lowest BCUT2D eigenvalue weighted by Crippen LogP contribution is -2.04. The standard InChI is InChI=1S/C14H19N3O/c1-10-14(11(2)17(3)16-10)18-13-7-5-4-6-12(13)8-9-15/h4-7H,8-9,15H2,1-3H3. The van der Waals surface area contributed by atoms with Crippen LogP contribution in [-0.2, 0) is 13.5 Å². The van der Waals surface area contributed by atoms with Gasteiger partial charge < -0.3 is 10.5 Å². The van der Waals surface area contributed by atoms with Crippen molar-refractivity contribution in [1.29, 1.82) is 0 Å². The van der Waals surface area contributed by atoms with E-state index in [1.165, 1.54) is 0 Å². The first-order chi connectivity index (χ1) is 8.63. The molecule has 4 heteroatoms. The van der Waals surface area contributed by atoms with E-state index in [1.54, 1.807) is 0 Å². The summed E-state index contributed by atoms with van der Waals surface area (Å²) in [7, 11) is 1.92. The van der Waals surface area contributed by atoms with Crippen LogP contribution in [0.25, 0.3) is 0 Å². The zero-order chi connectivity index (χ0) is 13.1. The molecule has 0 unspecified atom stereocenters. The lowest BCUT2D eigenvalue weighted by Gasteiger charge is -2.10. The summed E-state index contributed by atoms with van der Waals surface area (Å²) in [5.74, 6) is 1.70. The van der Waals surface area contributed by atoms with Gasteiger partial charge in [-0.25, -0.2) is 0 Å². The zero-order valence-corrected chi connectivity index (χ0v) is 11.1. The number of rotatable bonds is 4. The predicted molar refractivity (Wildman–Crippen MR) is 72.0 cm³/mol. The van der Waals surface area contributed by atoms with Gasteiger partial charge in [-0.2, -0.15) is 5.10 Å². The van der Waals surface area contributed by atoms with Crippen LogP contribution in [0, 0.1) is 13.8 Å². The van der Waals surface area contributed by atoms with Crippen LogP contribution in [0.5, 0.6) is 11.5 Å². The molecule has 0 aliphatic heterocycles. The van der Waals surface area contributed by atoms with Gasteiger partial charge >= 0.3 is 0 Å². The van der Waals surface area contributed by atoms with E-state index in [-0.39, 0.29) is 0 Å². The quantitative estimate of drug-likeness (QED) is 0.899. The summed E-state index contributed by atoms with van der Waals surface area (Å²) in [6, 6.07) is 7.98. The second kappa shape index (κ2) is 5.23. The highest BCUT2D eigenvalue weighted by Gasteiger charge is 2.13. The van der Waals surface area contributed by atoms with Gasteiger partial charge in [0.05, 0.1) is 5.69 Å². The summed E-state index contributed by atoms with van der Waals surface area (Å²) >= 11 is 0. The number of aryl methyl sites for hydroxylation is 2. The molecular formula is C14H19N3O. The first-order valence-electron chi connectivity index (χ1n) is 6.09. The third-order valence-corrected chi connectivity index (χ3v) is 3.04. The van der Waals surface area contributed by atoms with E-state index in [2.05, 4.69) is 5.10 Å². The number of benzene rings is 1. The molecule has 0 aliphatic carbocycles. The van der Waals surface area contributed by atoms with E-state index >= 15 is 0 Å². The van der Waals surface area contributed by atoms with Crippen LogP contribution in [0.4, 0.5) is 0 Å². The molecule has 2 N–H and O–H groups in total. The van der Waals surface area contributed by atoms with Crippen molar-refractivity contribution in [2.45, 2.75) is 20.3 Å². The molecule has 1 heterocycles. The van der Waals surface area contributed by atoms with Crippen molar-refractivity contribution < 1.29 is 4.74 Å². The van der Waals surface area contributed by atoms with Gasteiger partial charge in [-0.1, -0.05) is 18.2 Å². The molecule has 0 atom stereocenters. The van der Waals surface area contributed by atoms with Crippen LogP contribution in [0.15, 0.2) is 24.3 Å². The first-order valence-corrected chi connectivity index (χ1v) is 6.09. The molecule has 0 spiro atoms. The number of ether oxygens (including phenoxy) is 1. The monoisotopic (exact) mass is 245 g/mol. The molecule has 0 aliphatic rings. The van der Waals surface area contributed by atoms with E-state index in [0.717, 1.165) is 34.9 Å². The van der Waals surface area contributed by atoms with Gasteiger partial charge in [-0.05, 0) is 38.4 Å². The van der Waals surface area contributed by atoms with E-state index in [0.29, 0.717) is 6.54 Å². The van der Waals surface area contributed by atoms with Gasteiger partial charge in [0, 0.05) is 7.05 Å². The Labute approximate surface area is 107 Å². The summed E-state index contributed by atoms with van der Waals surface area (Å²) in [4.78, 5) is 0. The summed E-state index contributed by atoms with van der Waals surface area (Å²) in [6.45, 7) is 4.57. The fraction of sp³-hybridized carbons (Fsp3) is 0.357. The van der Waals surface area contributed by atoms with E-state index in [1.807, 2.05) is 49.8 Å². The van der Waals surface area contributed by atoms with E-state index in [4.69, 9.17) is 10.5 Å². The molecule has 0 amide bonds. The van der Waals surface area contributed by atoms with Crippen LogP contribution in [0.2, 0.25) is 0 Å². The summed E-state index contributed by atoms with van der Waals surface area (Å²) < 4.78 is 7.84. The van der Waals surface area contributed by atoms with Crippen LogP contribution < -0.4 is 10.5 Å². The molecule has 1 aromatic carbocycles. The molecular weight excluding hydrogens is 226 g/mol. The van der Waals surface area contributed by atoms with Gasteiger partial charge in [0.1, 0.15) is 11.4 Å². The van der Waals surface area contributed by atoms with Crippen molar-refractivity contribution in [2.24, 2.45) is 12.8 Å². The molecule has 0 saturated carbocycles. The molecule has 0 fully saturated rings. The first kappa shape index (κ1) is 12.6. The Hall–Kier alpha value is -1.81. The third kappa shape index (κ3) is 2.38. The highest BCUT2D eigenvalue weighted by molar-refractivity contribution is 5.41. The lowest BCUT2D eigenvalue weighted by atomic mass is 10.1. The van der Waals surface area contributed by atoms with Crippen LogP contribution in [-0.4, -0.2) is 16.3 Å². The SMILES string of the molecule is Cc1nn(C)c(C)c1Oc1ccccc1CCN. The lowest BCUT2D eigenvalue weighted by molar-refractivity contribution is 0.468. The Balaban J connectivity index is 2.34. The van der Waals surface area contributed by atoms with Gasteiger partial charge in [0.15, 0.2) is 5.75 Å². The summed E-state index contributed by atoms with van der Waals surface area (Å²) in [5.41, 5.74) is 8.67. The summed E-state index contributed by atoms with van der Waals surface area (Å²) in [5, 5.41) is 4.35. The van der Waals surface area contributed by atoms with Crippen molar-refractivity contribution in [3.05, 3.63) is 41.2 Å². The molecule has 4 nitrogen and oxygen atoms in total. The fourth-order valence-electron chi connectivity index (χ4n) is 1.98. The smallest absolute Gasteiger partial charge is 0.171 e. The fourth-order valence-corrected chi connectivity index (χ4v) is 1.98. The van der Waals surface area contributed by atoms with Gasteiger partial charge in [0.25, 0.3) is 0 Å². The number of nitrogens with two attached hydrogens (primary N) is 1. The normalized spacial score (nSPS) is 10.7. The van der Waals surface area contributed by atoms with Crippen molar-refractivity contribution in [1.82, 2.24) is 9.78 Å². The zero-order valence-electron chi connectivity index (χ0n) is 11.1. The molecule has 0 radical (unpaired) electrons. The molecule has 96 valence electrons. The maximum absolute atomic E-state index is 6.01. The summed E-state index contributed by atoms with van der Waals surface area (Å²) in [6.07, 6.45) is 0.814. The molecule has 1 aromatic heterocycles. The van der Waals surface area contributed by atoms with Crippen LogP contribution in [0.1, 0.15) is 17.0 Å². The van der Waals surface area contributed by atoms with Gasteiger partial charge in [0.2, 0.25) is 0 Å². The largest absolute Gasteiger partial charge is 0.453 e. The van der Waals surface area contributed by atoms with E-state index in [9.17, 15) is 0 Å². The van der Waals surface area contributed by atoms with Crippen LogP contribution >= 0.6 is 0 Å². The average molecular weight is 245 g/mol. The Morgan fingerprint density at radius 3 is 2.61 bits per heavy atom. The van der Waals surface area contributed by atoms with Crippen molar-refractivity contribution in [3.63, 3.8) is 0 Å². The Kier molecular flexibility index (Phi) is 3.67. The molecule has 18 heavy (non-hydrogen) atoms. The molecule has 0 saturated heterocycles. The number of hydrogen-bond donors (Lipinski definition) is 1. The van der Waals surface area contributed by atoms with E-state index < -0.39 is 0 Å². The Morgan fingerprint density at radius 2 is 2.00 bits per heavy atom. The highest BCUT2D eigenvalue weighted by atomic mass is 16.5. The Bertz CT molecular complexity index is 546. The molecule has 2 aromatic rings. The molecule has 0 bridgehead atoms. The number of para-hydroxylation sites is 1. The number of hydrogen-bond acceptors (Lipinski definition) is 3. The second-order valence-corrected chi connectivity index (χ2v) is 4.37. The van der Waals surface area contributed by atoms with Crippen molar-refractivity contribution in [3.8, 4) is 11.5 Å². The minimum atomic E-state index is 0.616. The minimum absolute atomic E-state index is 0.616. The minimum Gasteiger partial charge on any atom is -0.453 e. The number of aromatic nitrogens is 2. The third-order valence-electron chi connectivity index (χ3n) is 3.04.